The fourth-order valence-electron chi connectivity index (χ4n) is 1.36. The second kappa shape index (κ2) is 2.44. The Balaban J connectivity index is 2.49. The number of carbonyl (C=O) groups is 2. The third kappa shape index (κ3) is 0.830. The van der Waals surface area contributed by atoms with Crippen LogP contribution in [0.3, 0.4) is 0 Å². The lowest BCUT2D eigenvalue weighted by molar-refractivity contribution is -0.116. The van der Waals surface area contributed by atoms with E-state index in [2.05, 4.69) is 0 Å². The van der Waals surface area contributed by atoms with Crippen molar-refractivity contribution < 1.29 is 9.59 Å². The predicted molar refractivity (Wildman–Crippen MR) is 42.4 cm³/mol. The maximum atomic E-state index is 11.3. The summed E-state index contributed by atoms with van der Waals surface area (Å²) in [5.41, 5.74) is 1.57. The van der Waals surface area contributed by atoms with Gasteiger partial charge in [0, 0.05) is 5.56 Å². The molecule has 1 heterocycles. The van der Waals surface area contributed by atoms with Crippen molar-refractivity contribution in [3.8, 4) is 0 Å². The molecule has 0 saturated heterocycles. The lowest BCUT2D eigenvalue weighted by Gasteiger charge is -2.02. The molecular formula is C9H7NO2. The number of rotatable bonds is 1. The van der Waals surface area contributed by atoms with Crippen LogP contribution in [0.1, 0.15) is 15.9 Å². The van der Waals surface area contributed by atoms with Gasteiger partial charge in [-0.2, -0.15) is 0 Å². The second-order valence-corrected chi connectivity index (χ2v) is 2.70. The lowest BCUT2D eigenvalue weighted by atomic mass is 10.1. The SMILES string of the molecule is O=CN1Cc2ccccc2C1=O. The highest BCUT2D eigenvalue weighted by Gasteiger charge is 2.25. The van der Waals surface area contributed by atoms with Crippen LogP contribution < -0.4 is 0 Å². The van der Waals surface area contributed by atoms with Crippen molar-refractivity contribution in [3.05, 3.63) is 35.4 Å². The van der Waals surface area contributed by atoms with Crippen LogP contribution in [0.25, 0.3) is 0 Å². The van der Waals surface area contributed by atoms with Crippen LogP contribution in [0.4, 0.5) is 0 Å². The summed E-state index contributed by atoms with van der Waals surface area (Å²) in [7, 11) is 0. The van der Waals surface area contributed by atoms with Gasteiger partial charge in [-0.25, -0.2) is 0 Å². The van der Waals surface area contributed by atoms with Crippen molar-refractivity contribution in [1.82, 2.24) is 4.90 Å². The maximum Gasteiger partial charge on any atom is 0.260 e. The topological polar surface area (TPSA) is 37.4 Å². The van der Waals surface area contributed by atoms with Crippen molar-refractivity contribution in [3.63, 3.8) is 0 Å². The summed E-state index contributed by atoms with van der Waals surface area (Å²) in [6, 6.07) is 7.25. The summed E-state index contributed by atoms with van der Waals surface area (Å²) in [5.74, 6) is -0.194. The van der Waals surface area contributed by atoms with Crippen molar-refractivity contribution in [2.75, 3.05) is 0 Å². The fraction of sp³-hybridized carbons (Fsp3) is 0.111. The van der Waals surface area contributed by atoms with Gasteiger partial charge in [-0.3, -0.25) is 14.5 Å². The third-order valence-corrected chi connectivity index (χ3v) is 1.98. The van der Waals surface area contributed by atoms with E-state index in [1.54, 1.807) is 12.1 Å². The maximum absolute atomic E-state index is 11.3. The highest BCUT2D eigenvalue weighted by molar-refractivity contribution is 6.03. The Bertz CT molecular complexity index is 346. The van der Waals surface area contributed by atoms with Crippen molar-refractivity contribution in [2.24, 2.45) is 0 Å². The molecular weight excluding hydrogens is 154 g/mol. The molecule has 0 bridgehead atoms. The van der Waals surface area contributed by atoms with Gasteiger partial charge in [0.2, 0.25) is 6.41 Å². The number of fused-ring (bicyclic) bond motifs is 1. The van der Waals surface area contributed by atoms with Gasteiger partial charge in [0.05, 0.1) is 6.54 Å². The zero-order valence-electron chi connectivity index (χ0n) is 6.36. The number of carbonyl (C=O) groups excluding carboxylic acids is 2. The van der Waals surface area contributed by atoms with Gasteiger partial charge >= 0.3 is 0 Å². The molecule has 0 saturated carbocycles. The molecule has 0 aliphatic carbocycles. The normalized spacial score (nSPS) is 14.7. The van der Waals surface area contributed by atoms with E-state index in [0.717, 1.165) is 5.56 Å². The average molecular weight is 161 g/mol. The van der Waals surface area contributed by atoms with E-state index in [0.29, 0.717) is 18.5 Å². The van der Waals surface area contributed by atoms with Crippen molar-refractivity contribution >= 4 is 12.3 Å². The molecule has 3 nitrogen and oxygen atoms in total. The molecule has 0 aromatic heterocycles. The van der Waals surface area contributed by atoms with Crippen LogP contribution in [-0.2, 0) is 11.3 Å². The fourth-order valence-corrected chi connectivity index (χ4v) is 1.36. The smallest absolute Gasteiger partial charge is 0.260 e. The number of hydrogen-bond donors (Lipinski definition) is 0. The molecule has 2 rings (SSSR count). The van der Waals surface area contributed by atoms with Gasteiger partial charge in [-0.1, -0.05) is 18.2 Å². The van der Waals surface area contributed by atoms with E-state index in [9.17, 15) is 9.59 Å². The minimum atomic E-state index is -0.194. The molecule has 0 unspecified atom stereocenters. The molecule has 12 heavy (non-hydrogen) atoms. The summed E-state index contributed by atoms with van der Waals surface area (Å²) < 4.78 is 0. The molecule has 3 heteroatoms. The van der Waals surface area contributed by atoms with E-state index < -0.39 is 0 Å². The summed E-state index contributed by atoms with van der Waals surface area (Å²) >= 11 is 0. The van der Waals surface area contributed by atoms with Crippen LogP contribution >= 0.6 is 0 Å². The van der Waals surface area contributed by atoms with E-state index in [-0.39, 0.29) is 5.91 Å². The monoisotopic (exact) mass is 161 g/mol. The van der Waals surface area contributed by atoms with E-state index in [1.165, 1.54) is 4.90 Å². The number of benzene rings is 1. The third-order valence-electron chi connectivity index (χ3n) is 1.98. The quantitative estimate of drug-likeness (QED) is 0.571. The molecule has 0 spiro atoms. The first-order valence-corrected chi connectivity index (χ1v) is 3.67. The molecule has 0 fully saturated rings. The van der Waals surface area contributed by atoms with Crippen LogP contribution in [-0.4, -0.2) is 17.2 Å². The van der Waals surface area contributed by atoms with E-state index >= 15 is 0 Å². The Labute approximate surface area is 69.6 Å². The molecule has 0 N–H and O–H groups in total. The van der Waals surface area contributed by atoms with E-state index in [4.69, 9.17) is 0 Å². The number of hydrogen-bond acceptors (Lipinski definition) is 2. The van der Waals surface area contributed by atoms with Crippen LogP contribution in [0.5, 0.6) is 0 Å². The predicted octanol–water partition coefficient (Wildman–Crippen LogP) is 0.799. The summed E-state index contributed by atoms with van der Waals surface area (Å²) in [5, 5.41) is 0. The zero-order valence-corrected chi connectivity index (χ0v) is 6.36. The Morgan fingerprint density at radius 1 is 1.33 bits per heavy atom. The van der Waals surface area contributed by atoms with Crippen molar-refractivity contribution in [2.45, 2.75) is 6.54 Å². The number of amides is 2. The Hall–Kier alpha value is -1.64. The standard InChI is InChI=1S/C9H7NO2/c11-6-10-5-7-3-1-2-4-8(7)9(10)12/h1-4,6H,5H2. The van der Waals surface area contributed by atoms with Gasteiger partial charge in [0.1, 0.15) is 0 Å². The van der Waals surface area contributed by atoms with Gasteiger partial charge in [-0.05, 0) is 11.6 Å². The average Bonchev–Trinajstić information content (AvgIpc) is 2.44. The summed E-state index contributed by atoms with van der Waals surface area (Å²) in [6.45, 7) is 0.415. The molecule has 1 aliphatic rings. The molecule has 1 aromatic rings. The van der Waals surface area contributed by atoms with Crippen molar-refractivity contribution in [1.29, 1.82) is 0 Å². The Morgan fingerprint density at radius 3 is 2.75 bits per heavy atom. The summed E-state index contributed by atoms with van der Waals surface area (Å²) in [6.07, 6.45) is 0.572. The summed E-state index contributed by atoms with van der Waals surface area (Å²) in [4.78, 5) is 22.9. The first kappa shape index (κ1) is 7.03. The van der Waals surface area contributed by atoms with E-state index in [1.807, 2.05) is 12.1 Å². The first-order valence-electron chi connectivity index (χ1n) is 3.67. The number of imide groups is 1. The van der Waals surface area contributed by atoms with Gasteiger partial charge in [0.25, 0.3) is 5.91 Å². The molecule has 2 amide bonds. The molecule has 60 valence electrons. The zero-order chi connectivity index (χ0) is 8.55. The Morgan fingerprint density at radius 2 is 2.08 bits per heavy atom. The minimum Gasteiger partial charge on any atom is -0.278 e. The van der Waals surface area contributed by atoms with Crippen LogP contribution in [0.15, 0.2) is 24.3 Å². The molecule has 0 radical (unpaired) electrons. The highest BCUT2D eigenvalue weighted by atomic mass is 16.2. The van der Waals surface area contributed by atoms with Crippen LogP contribution in [0.2, 0.25) is 0 Å². The largest absolute Gasteiger partial charge is 0.278 e. The van der Waals surface area contributed by atoms with Gasteiger partial charge < -0.3 is 0 Å². The molecule has 0 atom stereocenters. The molecule has 1 aromatic carbocycles. The number of nitrogens with zero attached hydrogens (tertiary/aromatic N) is 1. The molecule has 1 aliphatic heterocycles. The second-order valence-electron chi connectivity index (χ2n) is 2.70. The highest BCUT2D eigenvalue weighted by Crippen LogP contribution is 2.20. The lowest BCUT2D eigenvalue weighted by Crippen LogP contribution is -2.21. The Kier molecular flexibility index (Phi) is 1.43. The first-order chi connectivity index (χ1) is 5.83. The van der Waals surface area contributed by atoms with Gasteiger partial charge in [-0.15, -0.1) is 0 Å². The van der Waals surface area contributed by atoms with Crippen LogP contribution in [0, 0.1) is 0 Å². The minimum absolute atomic E-state index is 0.194. The van der Waals surface area contributed by atoms with Gasteiger partial charge in [0.15, 0.2) is 0 Å².